The zero-order valence-electron chi connectivity index (χ0n) is 13.5. The lowest BCUT2D eigenvalue weighted by atomic mass is 9.82. The van der Waals surface area contributed by atoms with Crippen molar-refractivity contribution in [3.63, 3.8) is 0 Å². The average molecular weight is 327 g/mol. The number of ether oxygens (including phenoxy) is 1. The first-order valence-corrected chi connectivity index (χ1v) is 10.2. The molecule has 0 aromatic rings. The molecular formula is C15H31ClO3S. The fourth-order valence-corrected chi connectivity index (χ4v) is 4.56. The SMILES string of the molecule is CCCC(CCC)(COCCCC(C)C)CS(=O)(=O)Cl. The third-order valence-electron chi connectivity index (χ3n) is 3.52. The zero-order chi connectivity index (χ0) is 15.6. The highest BCUT2D eigenvalue weighted by Gasteiger charge is 2.33. The van der Waals surface area contributed by atoms with Crippen molar-refractivity contribution >= 4 is 19.7 Å². The molecule has 0 N–H and O–H groups in total. The third-order valence-corrected chi connectivity index (χ3v) is 4.80. The van der Waals surface area contributed by atoms with Gasteiger partial charge in [0.2, 0.25) is 9.05 Å². The minimum atomic E-state index is -3.49. The Labute approximate surface area is 129 Å². The zero-order valence-corrected chi connectivity index (χ0v) is 15.0. The normalized spacial score (nSPS) is 13.1. The minimum absolute atomic E-state index is 0.0212. The summed E-state index contributed by atoms with van der Waals surface area (Å²) in [5.74, 6) is 0.700. The van der Waals surface area contributed by atoms with Gasteiger partial charge in [0.25, 0.3) is 0 Å². The molecule has 0 rings (SSSR count). The second kappa shape index (κ2) is 10.0. The van der Waals surface area contributed by atoms with E-state index in [0.29, 0.717) is 19.1 Å². The number of hydrogen-bond donors (Lipinski definition) is 0. The first-order chi connectivity index (χ1) is 9.24. The summed E-state index contributed by atoms with van der Waals surface area (Å²) in [6.45, 7) is 9.74. The summed E-state index contributed by atoms with van der Waals surface area (Å²) in [4.78, 5) is 0. The van der Waals surface area contributed by atoms with Crippen LogP contribution in [0.1, 0.15) is 66.2 Å². The van der Waals surface area contributed by atoms with E-state index in [1.165, 1.54) is 0 Å². The maximum absolute atomic E-state index is 11.5. The Hall–Kier alpha value is 0.200. The van der Waals surface area contributed by atoms with Crippen LogP contribution in [-0.2, 0) is 13.8 Å². The highest BCUT2D eigenvalue weighted by atomic mass is 35.7. The van der Waals surface area contributed by atoms with Crippen LogP contribution in [0.15, 0.2) is 0 Å². The van der Waals surface area contributed by atoms with E-state index in [1.54, 1.807) is 0 Å². The molecule has 0 radical (unpaired) electrons. The van der Waals surface area contributed by atoms with Crippen molar-refractivity contribution < 1.29 is 13.2 Å². The van der Waals surface area contributed by atoms with E-state index in [9.17, 15) is 8.42 Å². The Morgan fingerprint density at radius 3 is 2.10 bits per heavy atom. The summed E-state index contributed by atoms with van der Waals surface area (Å²) in [6.07, 6.45) is 5.75. The Kier molecular flexibility index (Phi) is 10.1. The van der Waals surface area contributed by atoms with Crippen molar-refractivity contribution in [1.29, 1.82) is 0 Å². The van der Waals surface area contributed by atoms with Crippen molar-refractivity contribution in [2.75, 3.05) is 19.0 Å². The van der Waals surface area contributed by atoms with Crippen LogP contribution >= 0.6 is 10.7 Å². The fourth-order valence-electron chi connectivity index (χ4n) is 2.76. The van der Waals surface area contributed by atoms with E-state index in [4.69, 9.17) is 15.4 Å². The standard InChI is InChI=1S/C15H31ClO3S/c1-5-9-15(10-6-2,13-20(16,17)18)12-19-11-7-8-14(3)4/h14H,5-13H2,1-4H3. The molecule has 0 unspecified atom stereocenters. The summed E-state index contributed by atoms with van der Waals surface area (Å²) < 4.78 is 28.7. The molecule has 0 aliphatic heterocycles. The lowest BCUT2D eigenvalue weighted by Crippen LogP contribution is -2.33. The van der Waals surface area contributed by atoms with Gasteiger partial charge in [0.1, 0.15) is 0 Å². The molecular weight excluding hydrogens is 296 g/mol. The Bertz CT molecular complexity index is 333. The second-order valence-corrected chi connectivity index (χ2v) is 9.05. The molecule has 0 aliphatic rings. The largest absolute Gasteiger partial charge is 0.381 e. The molecule has 0 spiro atoms. The Balaban J connectivity index is 4.50. The molecule has 20 heavy (non-hydrogen) atoms. The topological polar surface area (TPSA) is 43.4 Å². The molecule has 0 heterocycles. The predicted molar refractivity (Wildman–Crippen MR) is 86.8 cm³/mol. The third kappa shape index (κ3) is 10.0. The van der Waals surface area contributed by atoms with Crippen LogP contribution in [0.2, 0.25) is 0 Å². The van der Waals surface area contributed by atoms with E-state index in [2.05, 4.69) is 27.7 Å². The summed E-state index contributed by atoms with van der Waals surface area (Å²) in [7, 11) is 2.00. The van der Waals surface area contributed by atoms with E-state index in [1.807, 2.05) is 0 Å². The van der Waals surface area contributed by atoms with Crippen LogP contribution in [0.3, 0.4) is 0 Å². The van der Waals surface area contributed by atoms with E-state index in [0.717, 1.165) is 38.5 Å². The molecule has 0 fully saturated rings. The summed E-state index contributed by atoms with van der Waals surface area (Å²) in [5.41, 5.74) is -0.318. The van der Waals surface area contributed by atoms with Crippen LogP contribution in [-0.4, -0.2) is 27.4 Å². The van der Waals surface area contributed by atoms with Gasteiger partial charge >= 0.3 is 0 Å². The molecule has 5 heteroatoms. The lowest BCUT2D eigenvalue weighted by Gasteiger charge is -2.32. The van der Waals surface area contributed by atoms with Gasteiger partial charge < -0.3 is 4.74 Å². The molecule has 0 atom stereocenters. The molecule has 0 aromatic carbocycles. The number of halogens is 1. The quantitative estimate of drug-likeness (QED) is 0.389. The van der Waals surface area contributed by atoms with Crippen LogP contribution in [0.5, 0.6) is 0 Å². The van der Waals surface area contributed by atoms with Crippen molar-refractivity contribution in [2.24, 2.45) is 11.3 Å². The summed E-state index contributed by atoms with van der Waals surface area (Å²) >= 11 is 0. The molecule has 0 aliphatic carbocycles. The van der Waals surface area contributed by atoms with Crippen LogP contribution < -0.4 is 0 Å². The van der Waals surface area contributed by atoms with Crippen molar-refractivity contribution in [1.82, 2.24) is 0 Å². The maximum atomic E-state index is 11.5. The van der Waals surface area contributed by atoms with Crippen LogP contribution in [0, 0.1) is 11.3 Å². The van der Waals surface area contributed by atoms with Gasteiger partial charge in [0.15, 0.2) is 0 Å². The maximum Gasteiger partial charge on any atom is 0.233 e. The highest BCUT2D eigenvalue weighted by molar-refractivity contribution is 8.13. The smallest absolute Gasteiger partial charge is 0.233 e. The van der Waals surface area contributed by atoms with Gasteiger partial charge in [-0.25, -0.2) is 8.42 Å². The van der Waals surface area contributed by atoms with Gasteiger partial charge in [0.05, 0.1) is 12.4 Å². The van der Waals surface area contributed by atoms with Gasteiger partial charge in [-0.15, -0.1) is 0 Å². The Morgan fingerprint density at radius 1 is 1.15 bits per heavy atom. The van der Waals surface area contributed by atoms with Crippen molar-refractivity contribution in [2.45, 2.75) is 66.2 Å². The van der Waals surface area contributed by atoms with E-state index in [-0.39, 0.29) is 11.2 Å². The summed E-state index contributed by atoms with van der Waals surface area (Å²) in [6, 6.07) is 0. The predicted octanol–water partition coefficient (Wildman–Crippen LogP) is 4.59. The van der Waals surface area contributed by atoms with Crippen molar-refractivity contribution in [3.05, 3.63) is 0 Å². The lowest BCUT2D eigenvalue weighted by molar-refractivity contribution is 0.0412. The molecule has 0 saturated carbocycles. The monoisotopic (exact) mass is 326 g/mol. The first-order valence-electron chi connectivity index (χ1n) is 7.75. The summed E-state index contributed by atoms with van der Waals surface area (Å²) in [5, 5.41) is 0. The van der Waals surface area contributed by atoms with E-state index >= 15 is 0 Å². The van der Waals surface area contributed by atoms with Crippen LogP contribution in [0.25, 0.3) is 0 Å². The second-order valence-electron chi connectivity index (χ2n) is 6.27. The fraction of sp³-hybridized carbons (Fsp3) is 1.00. The number of hydrogen-bond acceptors (Lipinski definition) is 3. The van der Waals surface area contributed by atoms with Gasteiger partial charge in [-0.3, -0.25) is 0 Å². The minimum Gasteiger partial charge on any atom is -0.381 e. The highest BCUT2D eigenvalue weighted by Crippen LogP contribution is 2.33. The molecule has 0 bridgehead atoms. The van der Waals surface area contributed by atoms with Crippen LogP contribution in [0.4, 0.5) is 0 Å². The van der Waals surface area contributed by atoms with Crippen molar-refractivity contribution in [3.8, 4) is 0 Å². The van der Waals surface area contributed by atoms with Gasteiger partial charge in [-0.05, 0) is 31.6 Å². The first kappa shape index (κ1) is 20.2. The van der Waals surface area contributed by atoms with Gasteiger partial charge in [-0.2, -0.15) is 0 Å². The molecule has 0 amide bonds. The Morgan fingerprint density at radius 2 is 1.70 bits per heavy atom. The van der Waals surface area contributed by atoms with Gasteiger partial charge in [0, 0.05) is 22.7 Å². The molecule has 0 aromatic heterocycles. The molecule has 122 valence electrons. The van der Waals surface area contributed by atoms with E-state index < -0.39 is 9.05 Å². The molecule has 3 nitrogen and oxygen atoms in total. The average Bonchev–Trinajstić information content (AvgIpc) is 2.26. The number of rotatable bonds is 12. The molecule has 0 saturated heterocycles. The van der Waals surface area contributed by atoms with Gasteiger partial charge in [-0.1, -0.05) is 40.5 Å².